The number of hydrogen-bond acceptors (Lipinski definition) is 3. The zero-order valence-corrected chi connectivity index (χ0v) is 13.4. The molecule has 0 aliphatic carbocycles. The summed E-state index contributed by atoms with van der Waals surface area (Å²) in [5.74, 6) is 0. The predicted octanol–water partition coefficient (Wildman–Crippen LogP) is 2.92. The van der Waals surface area contributed by atoms with E-state index in [2.05, 4.69) is 5.10 Å². The van der Waals surface area contributed by atoms with Gasteiger partial charge in [-0.15, -0.1) is 0 Å². The monoisotopic (exact) mass is 322 g/mol. The van der Waals surface area contributed by atoms with Gasteiger partial charge >= 0.3 is 11.7 Å². The molecule has 0 fully saturated rings. The number of carbonyl (C=O) groups excluding carboxylic acids is 1. The van der Waals surface area contributed by atoms with Gasteiger partial charge in [-0.1, -0.05) is 43.3 Å². The summed E-state index contributed by atoms with van der Waals surface area (Å²) >= 11 is 0. The van der Waals surface area contributed by atoms with Crippen molar-refractivity contribution in [1.82, 2.24) is 14.3 Å². The van der Waals surface area contributed by atoms with Crippen molar-refractivity contribution in [3.8, 4) is 5.69 Å². The van der Waals surface area contributed by atoms with Gasteiger partial charge < -0.3 is 0 Å². The predicted molar refractivity (Wildman–Crippen MR) is 92.7 cm³/mol. The SMILES string of the molecule is CCCN(C(=O)n1cnn(-c2ccccc2)c1=O)c1ccccc1. The first-order valence-corrected chi connectivity index (χ1v) is 7.81. The molecule has 3 rings (SSSR count). The molecule has 122 valence electrons. The van der Waals surface area contributed by atoms with E-state index in [4.69, 9.17) is 0 Å². The maximum Gasteiger partial charge on any atom is 0.358 e. The largest absolute Gasteiger partial charge is 0.358 e. The van der Waals surface area contributed by atoms with Crippen molar-refractivity contribution >= 4 is 11.7 Å². The Morgan fingerprint density at radius 3 is 2.29 bits per heavy atom. The van der Waals surface area contributed by atoms with Crippen LogP contribution in [0.5, 0.6) is 0 Å². The normalized spacial score (nSPS) is 10.5. The van der Waals surface area contributed by atoms with Crippen LogP contribution in [0.4, 0.5) is 10.5 Å². The smallest absolute Gasteiger partial charge is 0.294 e. The summed E-state index contributed by atoms with van der Waals surface area (Å²) < 4.78 is 2.25. The van der Waals surface area contributed by atoms with Crippen LogP contribution < -0.4 is 10.6 Å². The Balaban J connectivity index is 1.97. The summed E-state index contributed by atoms with van der Waals surface area (Å²) in [6, 6.07) is 17.9. The van der Waals surface area contributed by atoms with Crippen molar-refractivity contribution in [3.63, 3.8) is 0 Å². The van der Waals surface area contributed by atoms with Gasteiger partial charge in [-0.3, -0.25) is 4.90 Å². The topological polar surface area (TPSA) is 60.1 Å². The highest BCUT2D eigenvalue weighted by atomic mass is 16.2. The summed E-state index contributed by atoms with van der Waals surface area (Å²) in [6.45, 7) is 2.51. The van der Waals surface area contributed by atoms with E-state index in [1.807, 2.05) is 55.5 Å². The second kappa shape index (κ2) is 6.95. The van der Waals surface area contributed by atoms with E-state index in [1.54, 1.807) is 17.0 Å². The lowest BCUT2D eigenvalue weighted by Gasteiger charge is -2.21. The Labute approximate surface area is 139 Å². The van der Waals surface area contributed by atoms with Crippen molar-refractivity contribution < 1.29 is 4.79 Å². The molecule has 0 radical (unpaired) electrons. The Bertz CT molecular complexity index is 869. The minimum Gasteiger partial charge on any atom is -0.294 e. The fourth-order valence-corrected chi connectivity index (χ4v) is 2.48. The van der Waals surface area contributed by atoms with Gasteiger partial charge in [0.05, 0.1) is 5.69 Å². The Morgan fingerprint density at radius 2 is 1.67 bits per heavy atom. The van der Waals surface area contributed by atoms with E-state index >= 15 is 0 Å². The molecule has 1 amide bonds. The van der Waals surface area contributed by atoms with Gasteiger partial charge in [0.25, 0.3) is 0 Å². The van der Waals surface area contributed by atoms with Gasteiger partial charge in [0.1, 0.15) is 6.33 Å². The van der Waals surface area contributed by atoms with E-state index < -0.39 is 11.7 Å². The molecule has 0 aliphatic heterocycles. The van der Waals surface area contributed by atoms with Crippen molar-refractivity contribution in [1.29, 1.82) is 0 Å². The highest BCUT2D eigenvalue weighted by Gasteiger charge is 2.20. The number of para-hydroxylation sites is 2. The minimum atomic E-state index is -0.483. The number of rotatable bonds is 4. The van der Waals surface area contributed by atoms with Crippen molar-refractivity contribution in [2.45, 2.75) is 13.3 Å². The number of benzene rings is 2. The Kier molecular flexibility index (Phi) is 4.56. The fourth-order valence-electron chi connectivity index (χ4n) is 2.48. The third-order valence-electron chi connectivity index (χ3n) is 3.62. The second-order valence-electron chi connectivity index (χ2n) is 5.30. The maximum atomic E-state index is 12.8. The molecule has 0 saturated carbocycles. The van der Waals surface area contributed by atoms with E-state index in [0.29, 0.717) is 12.2 Å². The molecule has 1 aromatic heterocycles. The number of hydrogen-bond donors (Lipinski definition) is 0. The standard InChI is InChI=1S/C18H18N4O2/c1-2-13-20(15-9-5-3-6-10-15)17(23)21-14-19-22(18(21)24)16-11-7-4-8-12-16/h3-12,14H,2,13H2,1H3. The summed E-state index contributed by atoms with van der Waals surface area (Å²) in [6.07, 6.45) is 2.05. The quantitative estimate of drug-likeness (QED) is 0.742. The number of nitrogens with zero attached hydrogens (tertiary/aromatic N) is 4. The molecule has 0 saturated heterocycles. The number of anilines is 1. The van der Waals surface area contributed by atoms with Crippen LogP contribution in [0.1, 0.15) is 13.3 Å². The van der Waals surface area contributed by atoms with Crippen LogP contribution in [-0.4, -0.2) is 26.9 Å². The molecule has 0 bridgehead atoms. The van der Waals surface area contributed by atoms with Crippen LogP contribution in [-0.2, 0) is 0 Å². The molecule has 1 heterocycles. The molecule has 3 aromatic rings. The van der Waals surface area contributed by atoms with Crippen LogP contribution in [0.3, 0.4) is 0 Å². The lowest BCUT2D eigenvalue weighted by atomic mass is 10.3. The number of amides is 1. The van der Waals surface area contributed by atoms with Crippen LogP contribution in [0.2, 0.25) is 0 Å². The molecule has 6 nitrogen and oxygen atoms in total. The van der Waals surface area contributed by atoms with Crippen molar-refractivity contribution in [2.75, 3.05) is 11.4 Å². The van der Waals surface area contributed by atoms with Gasteiger partial charge in [-0.05, 0) is 30.7 Å². The van der Waals surface area contributed by atoms with Crippen LogP contribution in [0.25, 0.3) is 5.69 Å². The molecule has 24 heavy (non-hydrogen) atoms. The first-order chi connectivity index (χ1) is 11.7. The third kappa shape index (κ3) is 2.99. The first kappa shape index (κ1) is 15.7. The first-order valence-electron chi connectivity index (χ1n) is 7.81. The molecular formula is C18H18N4O2. The molecule has 6 heteroatoms. The lowest BCUT2D eigenvalue weighted by Crippen LogP contribution is -2.40. The zero-order valence-electron chi connectivity index (χ0n) is 13.4. The average molecular weight is 322 g/mol. The van der Waals surface area contributed by atoms with Gasteiger partial charge in [0.2, 0.25) is 0 Å². The molecule has 0 atom stereocenters. The van der Waals surface area contributed by atoms with Gasteiger partial charge in [-0.2, -0.15) is 14.3 Å². The molecule has 0 aliphatic rings. The van der Waals surface area contributed by atoms with Crippen LogP contribution in [0.15, 0.2) is 71.8 Å². The zero-order chi connectivity index (χ0) is 16.9. The second-order valence-corrected chi connectivity index (χ2v) is 5.30. The van der Waals surface area contributed by atoms with Crippen molar-refractivity contribution in [3.05, 3.63) is 77.5 Å². The summed E-state index contributed by atoms with van der Waals surface area (Å²) in [4.78, 5) is 27.0. The van der Waals surface area contributed by atoms with Crippen molar-refractivity contribution in [2.24, 2.45) is 0 Å². The van der Waals surface area contributed by atoms with E-state index in [-0.39, 0.29) is 0 Å². The average Bonchev–Trinajstić information content (AvgIpc) is 3.02. The van der Waals surface area contributed by atoms with Crippen LogP contribution in [0, 0.1) is 0 Å². The Hall–Kier alpha value is -3.15. The molecule has 0 spiro atoms. The number of carbonyl (C=O) groups is 1. The highest BCUT2D eigenvalue weighted by Crippen LogP contribution is 2.15. The van der Waals surface area contributed by atoms with Gasteiger partial charge in [-0.25, -0.2) is 9.59 Å². The molecule has 0 N–H and O–H groups in total. The Morgan fingerprint density at radius 1 is 1.04 bits per heavy atom. The third-order valence-corrected chi connectivity index (χ3v) is 3.62. The molecule has 2 aromatic carbocycles. The van der Waals surface area contributed by atoms with E-state index in [0.717, 1.165) is 16.7 Å². The fraction of sp³-hybridized carbons (Fsp3) is 0.167. The van der Waals surface area contributed by atoms with Crippen LogP contribution >= 0.6 is 0 Å². The molecular weight excluding hydrogens is 304 g/mol. The highest BCUT2D eigenvalue weighted by molar-refractivity contribution is 5.93. The number of aromatic nitrogens is 3. The maximum absolute atomic E-state index is 12.8. The molecule has 0 unspecified atom stereocenters. The summed E-state index contributed by atoms with van der Waals surface area (Å²) in [5.41, 5.74) is 0.891. The van der Waals surface area contributed by atoms with E-state index in [9.17, 15) is 9.59 Å². The van der Waals surface area contributed by atoms with Gasteiger partial charge in [0.15, 0.2) is 0 Å². The van der Waals surface area contributed by atoms with E-state index in [1.165, 1.54) is 11.0 Å². The summed E-state index contributed by atoms with van der Waals surface area (Å²) in [7, 11) is 0. The van der Waals surface area contributed by atoms with Gasteiger partial charge in [0, 0.05) is 12.2 Å². The summed E-state index contributed by atoms with van der Waals surface area (Å²) in [5, 5.41) is 4.06. The minimum absolute atomic E-state index is 0.407. The lowest BCUT2D eigenvalue weighted by molar-refractivity contribution is 0.247.